The van der Waals surface area contributed by atoms with Crippen molar-refractivity contribution in [1.29, 1.82) is 0 Å². The number of aromatic nitrogens is 1. The van der Waals surface area contributed by atoms with Crippen LogP contribution in [0.2, 0.25) is 0 Å². The average molecular weight is 805 g/mol. The number of hydrogen-bond donors (Lipinski definition) is 0. The average Bonchev–Trinajstić information content (AvgIpc) is 3.91. The number of anilines is 3. The fraction of sp³-hybridized carbons (Fsp3) is 0. The highest BCUT2D eigenvalue weighted by molar-refractivity contribution is 6.12. The zero-order valence-corrected chi connectivity index (χ0v) is 34.4. The van der Waals surface area contributed by atoms with Gasteiger partial charge in [-0.25, -0.2) is 0 Å². The van der Waals surface area contributed by atoms with Crippen LogP contribution in [0.3, 0.4) is 0 Å². The highest BCUT2D eigenvalue weighted by Crippen LogP contribution is 2.47. The highest BCUT2D eigenvalue weighted by Gasteiger charge is 2.23. The van der Waals surface area contributed by atoms with Crippen molar-refractivity contribution >= 4 is 60.8 Å². The second-order valence-corrected chi connectivity index (χ2v) is 16.1. The number of rotatable bonds is 8. The van der Waals surface area contributed by atoms with Crippen LogP contribution in [0.15, 0.2) is 247 Å². The monoisotopic (exact) mass is 804 g/mol. The molecule has 3 heteroatoms. The maximum absolute atomic E-state index is 6.65. The van der Waals surface area contributed by atoms with E-state index in [0.717, 1.165) is 83.6 Å². The SMILES string of the molecule is c1ccc(-c2ccc(-c3ccccc3N(c3ccc(-c4cccc5c4oc4ccccc45)c(-c4ccccc4)c3)c3ccc4c5ccccc5n(-c5ccccc5)c4c3)cc2)cc1. The summed E-state index contributed by atoms with van der Waals surface area (Å²) in [5, 5.41) is 4.67. The van der Waals surface area contributed by atoms with E-state index in [2.05, 4.69) is 246 Å². The molecule has 0 N–H and O–H groups in total. The molecule has 63 heavy (non-hydrogen) atoms. The lowest BCUT2D eigenvalue weighted by atomic mass is 9.92. The third-order valence-corrected chi connectivity index (χ3v) is 12.4. The molecule has 12 rings (SSSR count). The first-order valence-electron chi connectivity index (χ1n) is 21.5. The first-order chi connectivity index (χ1) is 31.3. The van der Waals surface area contributed by atoms with Crippen LogP contribution >= 0.6 is 0 Å². The Morgan fingerprint density at radius 1 is 0.317 bits per heavy atom. The van der Waals surface area contributed by atoms with Gasteiger partial charge in [0.2, 0.25) is 0 Å². The minimum atomic E-state index is 0.890. The smallest absolute Gasteiger partial charge is 0.143 e. The summed E-state index contributed by atoms with van der Waals surface area (Å²) in [4.78, 5) is 2.44. The molecule has 2 heterocycles. The van der Waals surface area contributed by atoms with E-state index in [1.807, 2.05) is 6.07 Å². The molecule has 0 aliphatic carbocycles. The van der Waals surface area contributed by atoms with Crippen LogP contribution in [0.4, 0.5) is 17.1 Å². The van der Waals surface area contributed by atoms with Crippen LogP contribution < -0.4 is 4.90 Å². The second-order valence-electron chi connectivity index (χ2n) is 16.1. The molecule has 0 radical (unpaired) electrons. The van der Waals surface area contributed by atoms with Gasteiger partial charge in [-0.05, 0) is 88.0 Å². The number of nitrogens with zero attached hydrogens (tertiary/aromatic N) is 2. The second kappa shape index (κ2) is 15.3. The van der Waals surface area contributed by atoms with Gasteiger partial charge in [-0.2, -0.15) is 0 Å². The van der Waals surface area contributed by atoms with Crippen molar-refractivity contribution in [3.05, 3.63) is 243 Å². The molecule has 0 unspecified atom stereocenters. The fourth-order valence-corrected chi connectivity index (χ4v) is 9.49. The molecule has 0 atom stereocenters. The van der Waals surface area contributed by atoms with Gasteiger partial charge in [0.05, 0.1) is 16.7 Å². The molecular formula is C60H40N2O. The van der Waals surface area contributed by atoms with Gasteiger partial charge in [-0.3, -0.25) is 0 Å². The Hall–Kier alpha value is -8.40. The third kappa shape index (κ3) is 6.29. The normalized spacial score (nSPS) is 11.5. The molecule has 2 aromatic heterocycles. The minimum Gasteiger partial charge on any atom is -0.455 e. The van der Waals surface area contributed by atoms with Gasteiger partial charge in [-0.1, -0.05) is 188 Å². The van der Waals surface area contributed by atoms with Crippen molar-refractivity contribution < 1.29 is 4.42 Å². The number of hydrogen-bond acceptors (Lipinski definition) is 2. The number of fused-ring (bicyclic) bond motifs is 6. The van der Waals surface area contributed by atoms with Gasteiger partial charge >= 0.3 is 0 Å². The predicted octanol–water partition coefficient (Wildman–Crippen LogP) is 16.8. The molecular weight excluding hydrogens is 765 g/mol. The van der Waals surface area contributed by atoms with E-state index in [4.69, 9.17) is 4.42 Å². The van der Waals surface area contributed by atoms with E-state index in [-0.39, 0.29) is 0 Å². The Labute approximate surface area is 366 Å². The van der Waals surface area contributed by atoms with E-state index in [1.165, 1.54) is 27.4 Å². The maximum Gasteiger partial charge on any atom is 0.143 e. The summed E-state index contributed by atoms with van der Waals surface area (Å²) >= 11 is 0. The molecule has 3 nitrogen and oxygen atoms in total. The van der Waals surface area contributed by atoms with E-state index < -0.39 is 0 Å². The standard InChI is InChI=1S/C60H40N2O/c1-4-17-41(18-5-1)42-31-33-44(34-32-42)48-23-10-13-28-56(48)61(47-36-38-51-50-24-11-14-29-57(50)62(58(51)40-47)45-21-8-3-9-22-45)46-35-37-49(55(39-46)43-19-6-2-7-20-43)53-26-16-27-54-52-25-12-15-30-59(52)63-60(53)54/h1-40H. The first-order valence-corrected chi connectivity index (χ1v) is 21.5. The molecule has 12 aromatic rings. The minimum absolute atomic E-state index is 0.890. The third-order valence-electron chi connectivity index (χ3n) is 12.4. The Morgan fingerprint density at radius 2 is 0.873 bits per heavy atom. The quantitative estimate of drug-likeness (QED) is 0.153. The van der Waals surface area contributed by atoms with Crippen molar-refractivity contribution in [2.45, 2.75) is 0 Å². The van der Waals surface area contributed by atoms with Crippen LogP contribution in [0.5, 0.6) is 0 Å². The van der Waals surface area contributed by atoms with Gasteiger partial charge in [-0.15, -0.1) is 0 Å². The van der Waals surface area contributed by atoms with Crippen molar-refractivity contribution in [2.75, 3.05) is 4.90 Å². The van der Waals surface area contributed by atoms with Gasteiger partial charge in [0.15, 0.2) is 0 Å². The lowest BCUT2D eigenvalue weighted by molar-refractivity contribution is 0.670. The summed E-state index contributed by atoms with van der Waals surface area (Å²) < 4.78 is 9.04. The first kappa shape index (κ1) is 36.5. The Kier molecular flexibility index (Phi) is 8.83. The number of furan rings is 1. The van der Waals surface area contributed by atoms with Crippen LogP contribution in [-0.2, 0) is 0 Å². The van der Waals surface area contributed by atoms with Gasteiger partial charge < -0.3 is 13.9 Å². The summed E-state index contributed by atoms with van der Waals surface area (Å²) in [5.41, 5.74) is 17.5. The summed E-state index contributed by atoms with van der Waals surface area (Å²) in [6.07, 6.45) is 0. The zero-order valence-electron chi connectivity index (χ0n) is 34.4. The van der Waals surface area contributed by atoms with E-state index in [0.29, 0.717) is 0 Å². The lowest BCUT2D eigenvalue weighted by Gasteiger charge is -2.29. The van der Waals surface area contributed by atoms with Gasteiger partial charge in [0, 0.05) is 49.7 Å². The molecule has 296 valence electrons. The molecule has 0 saturated heterocycles. The van der Waals surface area contributed by atoms with Crippen LogP contribution in [-0.4, -0.2) is 4.57 Å². The molecule has 10 aromatic carbocycles. The Bertz CT molecular complexity index is 3600. The highest BCUT2D eigenvalue weighted by atomic mass is 16.3. The summed E-state index contributed by atoms with van der Waals surface area (Å²) in [6, 6.07) is 87.2. The summed E-state index contributed by atoms with van der Waals surface area (Å²) in [7, 11) is 0. The molecule has 0 spiro atoms. The van der Waals surface area contributed by atoms with Crippen molar-refractivity contribution in [3.63, 3.8) is 0 Å². The molecule has 0 aliphatic heterocycles. The molecule has 0 aliphatic rings. The fourth-order valence-electron chi connectivity index (χ4n) is 9.49. The number of para-hydroxylation sites is 5. The van der Waals surface area contributed by atoms with Crippen LogP contribution in [0, 0.1) is 0 Å². The van der Waals surface area contributed by atoms with Crippen molar-refractivity contribution in [3.8, 4) is 50.2 Å². The topological polar surface area (TPSA) is 21.3 Å². The molecule has 0 bridgehead atoms. The molecule has 0 fully saturated rings. The van der Waals surface area contributed by atoms with Crippen molar-refractivity contribution in [1.82, 2.24) is 4.57 Å². The predicted molar refractivity (Wildman–Crippen MR) is 264 cm³/mol. The molecule has 0 saturated carbocycles. The summed E-state index contributed by atoms with van der Waals surface area (Å²) in [6.45, 7) is 0. The van der Waals surface area contributed by atoms with Gasteiger partial charge in [0.1, 0.15) is 11.2 Å². The van der Waals surface area contributed by atoms with Crippen LogP contribution in [0.25, 0.3) is 93.9 Å². The Morgan fingerprint density at radius 3 is 1.68 bits per heavy atom. The van der Waals surface area contributed by atoms with E-state index in [9.17, 15) is 0 Å². The number of benzene rings is 10. The Balaban J connectivity index is 1.11. The van der Waals surface area contributed by atoms with E-state index in [1.54, 1.807) is 0 Å². The van der Waals surface area contributed by atoms with E-state index >= 15 is 0 Å². The van der Waals surface area contributed by atoms with Crippen LogP contribution in [0.1, 0.15) is 0 Å². The largest absolute Gasteiger partial charge is 0.455 e. The van der Waals surface area contributed by atoms with Crippen molar-refractivity contribution in [2.24, 2.45) is 0 Å². The lowest BCUT2D eigenvalue weighted by Crippen LogP contribution is -2.12. The van der Waals surface area contributed by atoms with Gasteiger partial charge in [0.25, 0.3) is 0 Å². The molecule has 0 amide bonds. The maximum atomic E-state index is 6.65. The zero-order chi connectivity index (χ0) is 41.7. The summed E-state index contributed by atoms with van der Waals surface area (Å²) in [5.74, 6) is 0.